The van der Waals surface area contributed by atoms with Gasteiger partial charge in [-0.25, -0.2) is 0 Å². The van der Waals surface area contributed by atoms with E-state index >= 15 is 0 Å². The maximum atomic E-state index is 6.19. The molecule has 2 heteroatoms. The normalized spacial score (nSPS) is 12.9. The highest BCUT2D eigenvalue weighted by Crippen LogP contribution is 2.63. The largest absolute Gasteiger partial charge is 0.456 e. The van der Waals surface area contributed by atoms with Crippen molar-refractivity contribution in [2.75, 3.05) is 4.90 Å². The number of fused-ring (bicyclic) bond motifs is 13. The topological polar surface area (TPSA) is 16.4 Å². The van der Waals surface area contributed by atoms with Crippen molar-refractivity contribution in [3.05, 3.63) is 259 Å². The average molecular weight is 802 g/mol. The molecule has 1 heterocycles. The van der Waals surface area contributed by atoms with Gasteiger partial charge in [0.25, 0.3) is 0 Å². The Morgan fingerprint density at radius 1 is 0.286 bits per heavy atom. The molecule has 0 fully saturated rings. The third-order valence-corrected chi connectivity index (χ3v) is 13.5. The standard InChI is InChI=1S/C61H39NO/c1-2-15-40(16-3-1)42-17-14-18-44(37-42)47-19-7-12-27-58(47)62(45-32-29-41(30-33-45)43-31-36-60-53(38-43)52-23-8-13-28-59(52)63-60)46-34-35-51-50-22-6-11-26-56(50)61(57(51)39-46)54-24-9-4-20-48(54)49-21-5-10-25-55(49)61/h1-39H. The summed E-state index contributed by atoms with van der Waals surface area (Å²) in [6, 6.07) is 86.7. The fourth-order valence-electron chi connectivity index (χ4n) is 10.8. The first-order valence-corrected chi connectivity index (χ1v) is 21.7. The minimum Gasteiger partial charge on any atom is -0.456 e. The van der Waals surface area contributed by atoms with Gasteiger partial charge in [-0.15, -0.1) is 0 Å². The number of rotatable bonds is 6. The van der Waals surface area contributed by atoms with Gasteiger partial charge in [0.15, 0.2) is 0 Å². The zero-order chi connectivity index (χ0) is 41.5. The minimum absolute atomic E-state index is 0.454. The van der Waals surface area contributed by atoms with E-state index < -0.39 is 5.41 Å². The Balaban J connectivity index is 1.02. The molecule has 0 radical (unpaired) electrons. The van der Waals surface area contributed by atoms with Crippen molar-refractivity contribution in [2.45, 2.75) is 5.41 Å². The summed E-state index contributed by atoms with van der Waals surface area (Å²) >= 11 is 0. The van der Waals surface area contributed by atoms with Crippen LogP contribution in [-0.2, 0) is 5.41 Å². The van der Waals surface area contributed by atoms with Gasteiger partial charge in [0.05, 0.1) is 11.1 Å². The zero-order valence-electron chi connectivity index (χ0n) is 34.4. The predicted molar refractivity (Wildman–Crippen MR) is 261 cm³/mol. The molecule has 0 saturated heterocycles. The average Bonchev–Trinajstić information content (AvgIpc) is 3.98. The van der Waals surface area contributed by atoms with E-state index in [1.165, 1.54) is 55.6 Å². The van der Waals surface area contributed by atoms with Crippen LogP contribution in [0, 0.1) is 0 Å². The Morgan fingerprint density at radius 3 is 1.52 bits per heavy atom. The number of anilines is 3. The predicted octanol–water partition coefficient (Wildman–Crippen LogP) is 16.4. The number of hydrogen-bond donors (Lipinski definition) is 0. The summed E-state index contributed by atoms with van der Waals surface area (Å²) in [5.74, 6) is 0. The van der Waals surface area contributed by atoms with Crippen molar-refractivity contribution in [3.8, 4) is 55.6 Å². The van der Waals surface area contributed by atoms with E-state index in [-0.39, 0.29) is 0 Å². The molecule has 10 aromatic carbocycles. The Kier molecular flexibility index (Phi) is 7.85. The molecule has 1 spiro atoms. The molecule has 0 unspecified atom stereocenters. The second-order valence-corrected chi connectivity index (χ2v) is 16.8. The molecule has 11 aromatic rings. The molecule has 1 aromatic heterocycles. The molecule has 0 saturated carbocycles. The van der Waals surface area contributed by atoms with Gasteiger partial charge >= 0.3 is 0 Å². The third-order valence-electron chi connectivity index (χ3n) is 13.5. The van der Waals surface area contributed by atoms with E-state index in [2.05, 4.69) is 229 Å². The van der Waals surface area contributed by atoms with E-state index in [4.69, 9.17) is 4.42 Å². The Labute approximate surface area is 366 Å². The molecule has 0 amide bonds. The van der Waals surface area contributed by atoms with E-state index in [9.17, 15) is 0 Å². The van der Waals surface area contributed by atoms with E-state index in [0.29, 0.717) is 0 Å². The highest BCUT2D eigenvalue weighted by Gasteiger charge is 2.51. The van der Waals surface area contributed by atoms with E-state index in [0.717, 1.165) is 61.3 Å². The van der Waals surface area contributed by atoms with Gasteiger partial charge in [-0.2, -0.15) is 0 Å². The maximum Gasteiger partial charge on any atom is 0.135 e. The lowest BCUT2D eigenvalue weighted by atomic mass is 9.70. The SMILES string of the molecule is c1ccc(-c2cccc(-c3ccccc3N(c3ccc(-c4ccc5oc6ccccc6c5c4)cc3)c3ccc4c(c3)C3(c5ccccc5-c5ccccc53)c3ccccc3-4)c2)cc1. The molecular formula is C61H39NO. The first-order chi connectivity index (χ1) is 31.2. The van der Waals surface area contributed by atoms with Crippen molar-refractivity contribution in [1.82, 2.24) is 0 Å². The molecule has 0 N–H and O–H groups in total. The maximum absolute atomic E-state index is 6.19. The van der Waals surface area contributed by atoms with Crippen molar-refractivity contribution in [1.29, 1.82) is 0 Å². The summed E-state index contributed by atoms with van der Waals surface area (Å²) in [6.45, 7) is 0. The van der Waals surface area contributed by atoms with Crippen LogP contribution in [0.4, 0.5) is 17.1 Å². The minimum atomic E-state index is -0.454. The summed E-state index contributed by atoms with van der Waals surface area (Å²) < 4.78 is 6.19. The van der Waals surface area contributed by atoms with Crippen LogP contribution in [0.15, 0.2) is 241 Å². The van der Waals surface area contributed by atoms with Gasteiger partial charge in [-0.1, -0.05) is 182 Å². The Bertz CT molecular complexity index is 3510. The Hall–Kier alpha value is -8.20. The quantitative estimate of drug-likeness (QED) is 0.167. The van der Waals surface area contributed by atoms with Crippen LogP contribution >= 0.6 is 0 Å². The number of para-hydroxylation sites is 2. The van der Waals surface area contributed by atoms with Gasteiger partial charge in [0, 0.05) is 27.7 Å². The van der Waals surface area contributed by atoms with Crippen LogP contribution in [0.5, 0.6) is 0 Å². The van der Waals surface area contributed by atoms with Crippen LogP contribution in [0.2, 0.25) is 0 Å². The molecular weight excluding hydrogens is 763 g/mol. The van der Waals surface area contributed by atoms with Gasteiger partial charge in [-0.05, 0) is 127 Å². The zero-order valence-corrected chi connectivity index (χ0v) is 34.4. The lowest BCUT2D eigenvalue weighted by Gasteiger charge is -2.32. The van der Waals surface area contributed by atoms with Crippen molar-refractivity contribution < 1.29 is 4.42 Å². The number of benzene rings is 10. The van der Waals surface area contributed by atoms with Crippen LogP contribution in [0.25, 0.3) is 77.6 Å². The van der Waals surface area contributed by atoms with Crippen molar-refractivity contribution in [2.24, 2.45) is 0 Å². The highest BCUT2D eigenvalue weighted by atomic mass is 16.3. The van der Waals surface area contributed by atoms with Crippen molar-refractivity contribution in [3.63, 3.8) is 0 Å². The number of nitrogens with zero attached hydrogens (tertiary/aromatic N) is 1. The van der Waals surface area contributed by atoms with Gasteiger partial charge in [-0.3, -0.25) is 0 Å². The summed E-state index contributed by atoms with van der Waals surface area (Å²) in [7, 11) is 0. The lowest BCUT2D eigenvalue weighted by Crippen LogP contribution is -2.26. The second kappa shape index (κ2) is 13.9. The monoisotopic (exact) mass is 801 g/mol. The first kappa shape index (κ1) is 35.5. The molecule has 0 aliphatic heterocycles. The summed E-state index contributed by atoms with van der Waals surface area (Å²) in [4.78, 5) is 2.46. The van der Waals surface area contributed by atoms with E-state index in [1.807, 2.05) is 12.1 Å². The number of hydrogen-bond acceptors (Lipinski definition) is 2. The third kappa shape index (κ3) is 5.32. The molecule has 2 aliphatic rings. The molecule has 2 aliphatic carbocycles. The molecule has 294 valence electrons. The van der Waals surface area contributed by atoms with Gasteiger partial charge < -0.3 is 9.32 Å². The lowest BCUT2D eigenvalue weighted by molar-refractivity contribution is 0.669. The van der Waals surface area contributed by atoms with Crippen LogP contribution in [-0.4, -0.2) is 0 Å². The number of furan rings is 1. The summed E-state index contributed by atoms with van der Waals surface area (Å²) in [6.07, 6.45) is 0. The highest BCUT2D eigenvalue weighted by molar-refractivity contribution is 6.06. The molecule has 63 heavy (non-hydrogen) atoms. The Morgan fingerprint density at radius 2 is 0.794 bits per heavy atom. The molecule has 0 atom stereocenters. The van der Waals surface area contributed by atoms with Crippen LogP contribution in [0.3, 0.4) is 0 Å². The first-order valence-electron chi connectivity index (χ1n) is 21.7. The fourth-order valence-corrected chi connectivity index (χ4v) is 10.8. The van der Waals surface area contributed by atoms with Gasteiger partial charge in [0.2, 0.25) is 0 Å². The van der Waals surface area contributed by atoms with Crippen LogP contribution < -0.4 is 4.90 Å². The molecule has 13 rings (SSSR count). The van der Waals surface area contributed by atoms with Crippen LogP contribution in [0.1, 0.15) is 22.3 Å². The molecule has 2 nitrogen and oxygen atoms in total. The van der Waals surface area contributed by atoms with Crippen molar-refractivity contribution >= 4 is 39.0 Å². The molecule has 0 bridgehead atoms. The summed E-state index contributed by atoms with van der Waals surface area (Å²) in [5, 5.41) is 2.26. The van der Waals surface area contributed by atoms with E-state index in [1.54, 1.807) is 0 Å². The van der Waals surface area contributed by atoms with Gasteiger partial charge in [0.1, 0.15) is 11.2 Å². The smallest absolute Gasteiger partial charge is 0.135 e. The summed E-state index contributed by atoms with van der Waals surface area (Å²) in [5.41, 5.74) is 22.2. The fraction of sp³-hybridized carbons (Fsp3) is 0.0164. The second-order valence-electron chi connectivity index (χ2n) is 16.8.